The molecule has 0 saturated carbocycles. The van der Waals surface area contributed by atoms with Crippen LogP contribution >= 0.6 is 0 Å². The predicted molar refractivity (Wildman–Crippen MR) is 112 cm³/mol. The highest BCUT2D eigenvalue weighted by Crippen LogP contribution is 2.31. The number of hydrazone groups is 1. The monoisotopic (exact) mass is 372 g/mol. The van der Waals surface area contributed by atoms with Gasteiger partial charge in [-0.25, -0.2) is 5.43 Å². The third-order valence-electron chi connectivity index (χ3n) is 4.72. The second-order valence-electron chi connectivity index (χ2n) is 6.95. The van der Waals surface area contributed by atoms with Crippen LogP contribution in [0.2, 0.25) is 0 Å². The molecule has 0 unspecified atom stereocenters. The van der Waals surface area contributed by atoms with Gasteiger partial charge in [-0.3, -0.25) is 4.79 Å². The SMILES string of the molecule is C/C(=N\NC(=O)C(O)(c1cccc(C)c1)c1cccc(C)c1)c1ccccc1. The molecule has 0 aromatic heterocycles. The van der Waals surface area contributed by atoms with Crippen molar-refractivity contribution in [1.29, 1.82) is 0 Å². The molecule has 0 spiro atoms. The molecule has 3 rings (SSSR count). The van der Waals surface area contributed by atoms with E-state index in [9.17, 15) is 9.90 Å². The lowest BCUT2D eigenvalue weighted by atomic mass is 9.84. The fourth-order valence-corrected chi connectivity index (χ4v) is 3.13. The molecule has 0 aliphatic rings. The van der Waals surface area contributed by atoms with Crippen molar-refractivity contribution >= 4 is 11.6 Å². The van der Waals surface area contributed by atoms with Crippen LogP contribution in [0, 0.1) is 13.8 Å². The van der Waals surface area contributed by atoms with Crippen LogP contribution in [0.1, 0.15) is 34.7 Å². The molecule has 4 nitrogen and oxygen atoms in total. The van der Waals surface area contributed by atoms with Crippen molar-refractivity contribution in [3.05, 3.63) is 107 Å². The molecule has 28 heavy (non-hydrogen) atoms. The van der Waals surface area contributed by atoms with E-state index in [1.807, 2.05) is 87.5 Å². The summed E-state index contributed by atoms with van der Waals surface area (Å²) in [6.07, 6.45) is 0. The van der Waals surface area contributed by atoms with Gasteiger partial charge in [-0.15, -0.1) is 0 Å². The standard InChI is InChI=1S/C24H24N2O2/c1-17-9-7-13-21(15-17)24(28,22-14-8-10-18(2)16-22)23(27)26-25-19(3)20-11-5-4-6-12-20/h4-16,28H,1-3H3,(H,26,27)/b25-19+. The fourth-order valence-electron chi connectivity index (χ4n) is 3.13. The van der Waals surface area contributed by atoms with E-state index in [0.29, 0.717) is 16.8 Å². The van der Waals surface area contributed by atoms with Gasteiger partial charge >= 0.3 is 0 Å². The van der Waals surface area contributed by atoms with E-state index in [4.69, 9.17) is 0 Å². The van der Waals surface area contributed by atoms with Gasteiger partial charge in [0.15, 0.2) is 5.60 Å². The summed E-state index contributed by atoms with van der Waals surface area (Å²) >= 11 is 0. The number of rotatable bonds is 5. The van der Waals surface area contributed by atoms with Gasteiger partial charge in [-0.05, 0) is 37.5 Å². The van der Waals surface area contributed by atoms with Gasteiger partial charge in [0.05, 0.1) is 5.71 Å². The van der Waals surface area contributed by atoms with Gasteiger partial charge in [0.2, 0.25) is 0 Å². The van der Waals surface area contributed by atoms with E-state index in [0.717, 1.165) is 16.7 Å². The third kappa shape index (κ3) is 4.02. The lowest BCUT2D eigenvalue weighted by Gasteiger charge is -2.27. The Labute approximate surface area is 165 Å². The van der Waals surface area contributed by atoms with Crippen molar-refractivity contribution in [2.24, 2.45) is 5.10 Å². The molecule has 4 heteroatoms. The molecule has 0 saturated heterocycles. The van der Waals surface area contributed by atoms with Crippen molar-refractivity contribution in [2.75, 3.05) is 0 Å². The quantitative estimate of drug-likeness (QED) is 0.524. The number of aryl methyl sites for hydroxylation is 2. The molecule has 3 aromatic rings. The van der Waals surface area contributed by atoms with Crippen molar-refractivity contribution < 1.29 is 9.90 Å². The Balaban J connectivity index is 2.00. The molecular formula is C24H24N2O2. The molecule has 142 valence electrons. The Hall–Kier alpha value is -3.24. The van der Waals surface area contributed by atoms with Crippen LogP contribution in [0.15, 0.2) is 84.0 Å². The largest absolute Gasteiger partial charge is 0.372 e. The smallest absolute Gasteiger partial charge is 0.281 e. The number of aliphatic hydroxyl groups is 1. The van der Waals surface area contributed by atoms with E-state index >= 15 is 0 Å². The average molecular weight is 372 g/mol. The van der Waals surface area contributed by atoms with Crippen LogP contribution in [0.4, 0.5) is 0 Å². The summed E-state index contributed by atoms with van der Waals surface area (Å²) in [6.45, 7) is 5.67. The lowest BCUT2D eigenvalue weighted by Crippen LogP contribution is -2.44. The van der Waals surface area contributed by atoms with Crippen LogP contribution in [-0.4, -0.2) is 16.7 Å². The molecule has 1 amide bonds. The number of amides is 1. The minimum Gasteiger partial charge on any atom is -0.372 e. The zero-order chi connectivity index (χ0) is 20.1. The van der Waals surface area contributed by atoms with Crippen molar-refractivity contribution in [3.63, 3.8) is 0 Å². The second-order valence-corrected chi connectivity index (χ2v) is 6.95. The van der Waals surface area contributed by atoms with Crippen molar-refractivity contribution in [3.8, 4) is 0 Å². The fraction of sp³-hybridized carbons (Fsp3) is 0.167. The zero-order valence-electron chi connectivity index (χ0n) is 16.3. The van der Waals surface area contributed by atoms with Crippen molar-refractivity contribution in [1.82, 2.24) is 5.43 Å². The Morgan fingerprint density at radius 1 is 0.857 bits per heavy atom. The first-order valence-electron chi connectivity index (χ1n) is 9.18. The van der Waals surface area contributed by atoms with E-state index in [-0.39, 0.29) is 0 Å². The Morgan fingerprint density at radius 3 is 1.89 bits per heavy atom. The van der Waals surface area contributed by atoms with E-state index < -0.39 is 11.5 Å². The van der Waals surface area contributed by atoms with Gasteiger partial charge in [0.25, 0.3) is 5.91 Å². The first-order chi connectivity index (χ1) is 13.4. The van der Waals surface area contributed by atoms with Crippen LogP contribution in [0.3, 0.4) is 0 Å². The molecule has 0 aliphatic carbocycles. The summed E-state index contributed by atoms with van der Waals surface area (Å²) in [5.74, 6) is -0.598. The Bertz CT molecular complexity index is 964. The minimum absolute atomic E-state index is 0.503. The summed E-state index contributed by atoms with van der Waals surface area (Å²) in [6, 6.07) is 24.2. The van der Waals surface area contributed by atoms with Crippen molar-refractivity contribution in [2.45, 2.75) is 26.4 Å². The van der Waals surface area contributed by atoms with Crippen LogP contribution < -0.4 is 5.43 Å². The highest BCUT2D eigenvalue weighted by atomic mass is 16.3. The van der Waals surface area contributed by atoms with E-state index in [1.165, 1.54) is 0 Å². The molecule has 0 bridgehead atoms. The number of nitrogens with one attached hydrogen (secondary N) is 1. The Kier molecular flexibility index (Phi) is 5.71. The Morgan fingerprint density at radius 2 is 1.39 bits per heavy atom. The molecular weight excluding hydrogens is 348 g/mol. The molecule has 3 aromatic carbocycles. The summed E-state index contributed by atoms with van der Waals surface area (Å²) in [4.78, 5) is 13.2. The lowest BCUT2D eigenvalue weighted by molar-refractivity contribution is -0.136. The topological polar surface area (TPSA) is 61.7 Å². The summed E-state index contributed by atoms with van der Waals surface area (Å²) in [5.41, 5.74) is 5.19. The highest BCUT2D eigenvalue weighted by Gasteiger charge is 2.40. The maximum Gasteiger partial charge on any atom is 0.281 e. The predicted octanol–water partition coefficient (Wildman–Crippen LogP) is 4.08. The molecule has 0 atom stereocenters. The third-order valence-corrected chi connectivity index (χ3v) is 4.72. The van der Waals surface area contributed by atoms with Gasteiger partial charge < -0.3 is 5.11 Å². The number of nitrogens with zero attached hydrogens (tertiary/aromatic N) is 1. The summed E-state index contributed by atoms with van der Waals surface area (Å²) in [5, 5.41) is 15.8. The number of hydrogen-bond donors (Lipinski definition) is 2. The first-order valence-corrected chi connectivity index (χ1v) is 9.18. The summed E-state index contributed by atoms with van der Waals surface area (Å²) in [7, 11) is 0. The molecule has 2 N–H and O–H groups in total. The first kappa shape index (κ1) is 19.5. The molecule has 0 fully saturated rings. The molecule has 0 aliphatic heterocycles. The van der Waals surface area contributed by atoms with Gasteiger partial charge in [0.1, 0.15) is 0 Å². The number of carbonyl (C=O) groups is 1. The normalized spacial score (nSPS) is 11.9. The van der Waals surface area contributed by atoms with Crippen LogP contribution in [0.25, 0.3) is 0 Å². The number of hydrogen-bond acceptors (Lipinski definition) is 3. The molecule has 0 radical (unpaired) electrons. The van der Waals surface area contributed by atoms with E-state index in [1.54, 1.807) is 12.1 Å². The maximum absolute atomic E-state index is 13.2. The maximum atomic E-state index is 13.2. The minimum atomic E-state index is -1.85. The number of benzene rings is 3. The van der Waals surface area contributed by atoms with Crippen LogP contribution in [0.5, 0.6) is 0 Å². The van der Waals surface area contributed by atoms with Gasteiger partial charge in [-0.2, -0.15) is 5.10 Å². The summed E-state index contributed by atoms with van der Waals surface area (Å²) < 4.78 is 0. The second kappa shape index (κ2) is 8.19. The van der Waals surface area contributed by atoms with Gasteiger partial charge in [0, 0.05) is 0 Å². The molecule has 0 heterocycles. The highest BCUT2D eigenvalue weighted by molar-refractivity contribution is 6.00. The average Bonchev–Trinajstić information content (AvgIpc) is 2.71. The zero-order valence-corrected chi connectivity index (χ0v) is 16.3. The van der Waals surface area contributed by atoms with Gasteiger partial charge in [-0.1, -0.05) is 90.0 Å². The van der Waals surface area contributed by atoms with Crippen LogP contribution in [-0.2, 0) is 10.4 Å². The number of carbonyl (C=O) groups excluding carboxylic acids is 1. The van der Waals surface area contributed by atoms with E-state index in [2.05, 4.69) is 10.5 Å².